The van der Waals surface area contributed by atoms with Crippen LogP contribution in [0.4, 0.5) is 4.79 Å². The lowest BCUT2D eigenvalue weighted by Gasteiger charge is -2.28. The summed E-state index contributed by atoms with van der Waals surface area (Å²) in [4.78, 5) is 14.1. The Kier molecular flexibility index (Phi) is 6.11. The van der Waals surface area contributed by atoms with E-state index >= 15 is 0 Å². The summed E-state index contributed by atoms with van der Waals surface area (Å²) in [5.74, 6) is 0.992. The van der Waals surface area contributed by atoms with Crippen LogP contribution in [-0.2, 0) is 6.42 Å². The predicted octanol–water partition coefficient (Wildman–Crippen LogP) is 2.85. The number of carbonyl (C=O) groups excluding carboxylic acids is 1. The molecule has 2 N–H and O–H groups in total. The molecule has 5 nitrogen and oxygen atoms in total. The van der Waals surface area contributed by atoms with Gasteiger partial charge in [0.2, 0.25) is 0 Å². The first kappa shape index (κ1) is 15.9. The number of carbonyl (C=O) groups is 1. The number of hydrogen-bond acceptors (Lipinski definition) is 3. The van der Waals surface area contributed by atoms with E-state index in [-0.39, 0.29) is 18.7 Å². The topological polar surface area (TPSA) is 65.7 Å². The van der Waals surface area contributed by atoms with Crippen molar-refractivity contribution < 1.29 is 14.3 Å². The van der Waals surface area contributed by atoms with Gasteiger partial charge >= 0.3 is 6.03 Å². The van der Waals surface area contributed by atoms with Crippen molar-refractivity contribution >= 4 is 6.03 Å². The second-order valence-corrected chi connectivity index (χ2v) is 5.61. The molecule has 0 aromatic carbocycles. The molecule has 1 aliphatic rings. The average Bonchev–Trinajstić information content (AvgIpc) is 2.96. The Morgan fingerprint density at radius 1 is 1.48 bits per heavy atom. The normalized spacial score (nSPS) is 17.3. The summed E-state index contributed by atoms with van der Waals surface area (Å²) in [6.07, 6.45) is 7.82. The van der Waals surface area contributed by atoms with Crippen LogP contribution >= 0.6 is 0 Å². The van der Waals surface area contributed by atoms with Gasteiger partial charge in [-0.15, -0.1) is 0 Å². The number of aryl methyl sites for hydroxylation is 1. The summed E-state index contributed by atoms with van der Waals surface area (Å²) in [5, 5.41) is 12.2. The number of rotatable bonds is 7. The summed E-state index contributed by atoms with van der Waals surface area (Å²) in [6.45, 7) is 3.23. The molecule has 21 heavy (non-hydrogen) atoms. The van der Waals surface area contributed by atoms with Crippen molar-refractivity contribution in [2.24, 2.45) is 0 Å². The third-order valence-corrected chi connectivity index (χ3v) is 4.04. The van der Waals surface area contributed by atoms with Crippen molar-refractivity contribution in [3.8, 4) is 0 Å². The minimum atomic E-state index is -0.0841. The summed E-state index contributed by atoms with van der Waals surface area (Å²) >= 11 is 0. The van der Waals surface area contributed by atoms with E-state index in [0.717, 1.165) is 49.8 Å². The van der Waals surface area contributed by atoms with Crippen molar-refractivity contribution in [2.75, 3.05) is 19.7 Å². The molecule has 118 valence electrons. The SMILES string of the molecule is CCCCCN(CCO)C(=O)NC1CCCc2occc21. The lowest BCUT2D eigenvalue weighted by Crippen LogP contribution is -2.44. The zero-order valence-corrected chi connectivity index (χ0v) is 12.8. The van der Waals surface area contributed by atoms with Crippen molar-refractivity contribution in [3.63, 3.8) is 0 Å². The number of urea groups is 1. The van der Waals surface area contributed by atoms with E-state index in [1.54, 1.807) is 11.2 Å². The first-order valence-electron chi connectivity index (χ1n) is 7.98. The fourth-order valence-electron chi connectivity index (χ4n) is 2.86. The Balaban J connectivity index is 1.92. The fourth-order valence-corrected chi connectivity index (χ4v) is 2.86. The average molecular weight is 294 g/mol. The van der Waals surface area contributed by atoms with Gasteiger partial charge in [-0.25, -0.2) is 4.79 Å². The maximum atomic E-state index is 12.4. The Hall–Kier alpha value is -1.49. The van der Waals surface area contributed by atoms with E-state index in [0.29, 0.717) is 13.1 Å². The van der Waals surface area contributed by atoms with Crippen LogP contribution in [0.3, 0.4) is 0 Å². The largest absolute Gasteiger partial charge is 0.469 e. The first-order chi connectivity index (χ1) is 10.3. The van der Waals surface area contributed by atoms with Gasteiger partial charge in [-0.05, 0) is 25.3 Å². The number of nitrogens with zero attached hydrogens (tertiary/aromatic N) is 1. The monoisotopic (exact) mass is 294 g/mol. The lowest BCUT2D eigenvalue weighted by molar-refractivity contribution is 0.171. The molecule has 0 saturated carbocycles. The van der Waals surface area contributed by atoms with E-state index < -0.39 is 0 Å². The molecule has 2 amide bonds. The Labute approximate surface area is 126 Å². The zero-order chi connectivity index (χ0) is 15.1. The number of fused-ring (bicyclic) bond motifs is 1. The predicted molar refractivity (Wildman–Crippen MR) is 81.1 cm³/mol. The van der Waals surface area contributed by atoms with Gasteiger partial charge in [0.25, 0.3) is 0 Å². The summed E-state index contributed by atoms with van der Waals surface area (Å²) in [5.41, 5.74) is 1.10. The number of nitrogens with one attached hydrogen (secondary N) is 1. The van der Waals surface area contributed by atoms with Crippen LogP contribution in [0, 0.1) is 0 Å². The second kappa shape index (κ2) is 8.08. The second-order valence-electron chi connectivity index (χ2n) is 5.61. The molecule has 1 unspecified atom stereocenters. The molecular formula is C16H26N2O3. The molecule has 1 aromatic rings. The van der Waals surface area contributed by atoms with Crippen LogP contribution in [0.25, 0.3) is 0 Å². The molecule has 0 spiro atoms. The number of amides is 2. The number of furan rings is 1. The minimum absolute atomic E-state index is 0.00116. The highest BCUT2D eigenvalue weighted by molar-refractivity contribution is 5.74. The quantitative estimate of drug-likeness (QED) is 0.760. The van der Waals surface area contributed by atoms with E-state index in [1.807, 2.05) is 6.07 Å². The van der Waals surface area contributed by atoms with Gasteiger partial charge in [-0.1, -0.05) is 19.8 Å². The van der Waals surface area contributed by atoms with Gasteiger partial charge < -0.3 is 19.7 Å². The zero-order valence-electron chi connectivity index (χ0n) is 12.8. The number of aliphatic hydroxyl groups is 1. The standard InChI is InChI=1S/C16H26N2O3/c1-2-3-4-9-18(10-11-19)16(20)17-14-6-5-7-15-13(14)8-12-21-15/h8,12,14,19H,2-7,9-11H2,1H3,(H,17,20). The summed E-state index contributed by atoms with van der Waals surface area (Å²) < 4.78 is 5.45. The van der Waals surface area contributed by atoms with Gasteiger partial charge in [-0.2, -0.15) is 0 Å². The molecule has 5 heteroatoms. The summed E-state index contributed by atoms with van der Waals surface area (Å²) in [7, 11) is 0. The highest BCUT2D eigenvalue weighted by atomic mass is 16.3. The van der Waals surface area contributed by atoms with Crippen molar-refractivity contribution in [2.45, 2.75) is 51.5 Å². The molecule has 0 saturated heterocycles. The number of hydrogen-bond donors (Lipinski definition) is 2. The van der Waals surface area contributed by atoms with Crippen LogP contribution in [0.2, 0.25) is 0 Å². The van der Waals surface area contributed by atoms with E-state index in [2.05, 4.69) is 12.2 Å². The Bertz CT molecular complexity index is 444. The van der Waals surface area contributed by atoms with Gasteiger partial charge in [0.05, 0.1) is 18.9 Å². The van der Waals surface area contributed by atoms with Crippen LogP contribution in [0.1, 0.15) is 56.4 Å². The van der Waals surface area contributed by atoms with Gasteiger partial charge in [0.1, 0.15) is 5.76 Å². The van der Waals surface area contributed by atoms with Gasteiger partial charge in [0.15, 0.2) is 0 Å². The molecule has 0 bridgehead atoms. The molecule has 1 aliphatic carbocycles. The molecule has 0 fully saturated rings. The maximum Gasteiger partial charge on any atom is 0.317 e. The van der Waals surface area contributed by atoms with E-state index in [1.165, 1.54) is 0 Å². The van der Waals surface area contributed by atoms with Gasteiger partial charge in [0, 0.05) is 25.1 Å². The highest BCUT2D eigenvalue weighted by Gasteiger charge is 2.25. The van der Waals surface area contributed by atoms with Crippen LogP contribution < -0.4 is 5.32 Å². The molecule has 1 atom stereocenters. The third kappa shape index (κ3) is 4.24. The third-order valence-electron chi connectivity index (χ3n) is 4.04. The van der Waals surface area contributed by atoms with Crippen molar-refractivity contribution in [3.05, 3.63) is 23.7 Å². The molecule has 1 aromatic heterocycles. The van der Waals surface area contributed by atoms with Gasteiger partial charge in [-0.3, -0.25) is 0 Å². The first-order valence-corrected chi connectivity index (χ1v) is 7.98. The molecule has 1 heterocycles. The number of aliphatic hydroxyl groups excluding tert-OH is 1. The highest BCUT2D eigenvalue weighted by Crippen LogP contribution is 2.30. The van der Waals surface area contributed by atoms with Crippen LogP contribution in [0.5, 0.6) is 0 Å². The van der Waals surface area contributed by atoms with Crippen LogP contribution in [-0.4, -0.2) is 35.7 Å². The molecule has 0 aliphatic heterocycles. The minimum Gasteiger partial charge on any atom is -0.469 e. The van der Waals surface area contributed by atoms with E-state index in [4.69, 9.17) is 9.52 Å². The maximum absolute atomic E-state index is 12.4. The Morgan fingerprint density at radius 2 is 2.33 bits per heavy atom. The van der Waals surface area contributed by atoms with Crippen LogP contribution in [0.15, 0.2) is 16.7 Å². The Morgan fingerprint density at radius 3 is 3.10 bits per heavy atom. The van der Waals surface area contributed by atoms with E-state index in [9.17, 15) is 4.79 Å². The number of unbranched alkanes of at least 4 members (excludes halogenated alkanes) is 2. The summed E-state index contributed by atoms with van der Waals surface area (Å²) in [6, 6.07) is 1.90. The smallest absolute Gasteiger partial charge is 0.317 e. The van der Waals surface area contributed by atoms with Crippen molar-refractivity contribution in [1.82, 2.24) is 10.2 Å². The lowest BCUT2D eigenvalue weighted by atomic mass is 9.93. The van der Waals surface area contributed by atoms with Crippen molar-refractivity contribution in [1.29, 1.82) is 0 Å². The molecule has 0 radical (unpaired) electrons. The molecular weight excluding hydrogens is 268 g/mol. The molecule has 2 rings (SSSR count). The fraction of sp³-hybridized carbons (Fsp3) is 0.688.